The summed E-state index contributed by atoms with van der Waals surface area (Å²) < 4.78 is 0. The molecule has 0 unspecified atom stereocenters. The summed E-state index contributed by atoms with van der Waals surface area (Å²) in [7, 11) is 0. The number of hydrogen-bond acceptors (Lipinski definition) is 2. The number of hydrogen-bond donors (Lipinski definition) is 3. The van der Waals surface area contributed by atoms with Gasteiger partial charge in [-0.15, -0.1) is 0 Å². The SMILES string of the molecule is NC(=O)O.Oc1ccccc1. The molecular formula is C7H9NO3. The lowest BCUT2D eigenvalue weighted by atomic mass is 10.3. The highest BCUT2D eigenvalue weighted by Gasteiger charge is 1.74. The van der Waals surface area contributed by atoms with Crippen LogP contribution in [0, 0.1) is 0 Å². The van der Waals surface area contributed by atoms with Crippen molar-refractivity contribution in [2.24, 2.45) is 5.73 Å². The molecule has 0 aliphatic heterocycles. The number of para-hydroxylation sites is 1. The summed E-state index contributed by atoms with van der Waals surface area (Å²) in [4.78, 5) is 8.78. The van der Waals surface area contributed by atoms with Gasteiger partial charge in [0.25, 0.3) is 0 Å². The van der Waals surface area contributed by atoms with Crippen LogP contribution < -0.4 is 5.73 Å². The first-order valence-corrected chi connectivity index (χ1v) is 2.85. The molecule has 0 fully saturated rings. The van der Waals surface area contributed by atoms with E-state index in [1.54, 1.807) is 24.3 Å². The summed E-state index contributed by atoms with van der Waals surface area (Å²) in [6, 6.07) is 8.71. The van der Waals surface area contributed by atoms with Crippen LogP contribution >= 0.6 is 0 Å². The third-order valence-electron chi connectivity index (χ3n) is 0.756. The lowest BCUT2D eigenvalue weighted by Crippen LogP contribution is -2.03. The second kappa shape index (κ2) is 5.10. The van der Waals surface area contributed by atoms with Gasteiger partial charge in [0.15, 0.2) is 0 Å². The molecule has 60 valence electrons. The molecule has 0 radical (unpaired) electrons. The number of phenols is 1. The zero-order chi connectivity index (χ0) is 8.69. The topological polar surface area (TPSA) is 83.6 Å². The highest BCUT2D eigenvalue weighted by atomic mass is 16.4. The fourth-order valence-electron chi connectivity index (χ4n) is 0.428. The lowest BCUT2D eigenvalue weighted by Gasteiger charge is -1.82. The molecule has 4 heteroatoms. The number of aromatic hydroxyl groups is 1. The maximum absolute atomic E-state index is 8.78. The number of primary amides is 1. The summed E-state index contributed by atoms with van der Waals surface area (Å²) in [6.45, 7) is 0. The van der Waals surface area contributed by atoms with Crippen molar-refractivity contribution in [3.05, 3.63) is 30.3 Å². The van der Waals surface area contributed by atoms with E-state index < -0.39 is 6.09 Å². The maximum Gasteiger partial charge on any atom is 0.402 e. The molecule has 1 aromatic rings. The largest absolute Gasteiger partial charge is 0.508 e. The molecule has 1 aromatic carbocycles. The Morgan fingerprint density at radius 3 is 1.82 bits per heavy atom. The van der Waals surface area contributed by atoms with Crippen LogP contribution in [0.15, 0.2) is 30.3 Å². The molecule has 0 aliphatic rings. The van der Waals surface area contributed by atoms with Crippen molar-refractivity contribution < 1.29 is 15.0 Å². The van der Waals surface area contributed by atoms with Crippen molar-refractivity contribution in [1.29, 1.82) is 0 Å². The van der Waals surface area contributed by atoms with Crippen molar-refractivity contribution in [1.82, 2.24) is 0 Å². The van der Waals surface area contributed by atoms with Crippen LogP contribution in [0.4, 0.5) is 4.79 Å². The zero-order valence-electron chi connectivity index (χ0n) is 5.77. The van der Waals surface area contributed by atoms with Crippen molar-refractivity contribution in [3.63, 3.8) is 0 Å². The molecule has 0 saturated carbocycles. The van der Waals surface area contributed by atoms with E-state index in [9.17, 15) is 0 Å². The van der Waals surface area contributed by atoms with Gasteiger partial charge in [0, 0.05) is 0 Å². The van der Waals surface area contributed by atoms with E-state index in [-0.39, 0.29) is 0 Å². The number of carbonyl (C=O) groups is 1. The molecule has 0 spiro atoms. The molecule has 0 saturated heterocycles. The monoisotopic (exact) mass is 155 g/mol. The van der Waals surface area contributed by atoms with E-state index in [1.165, 1.54) is 0 Å². The Kier molecular flexibility index (Phi) is 4.31. The van der Waals surface area contributed by atoms with Gasteiger partial charge in [-0.3, -0.25) is 0 Å². The van der Waals surface area contributed by atoms with E-state index >= 15 is 0 Å². The molecule has 0 heterocycles. The molecular weight excluding hydrogens is 146 g/mol. The average Bonchev–Trinajstić information content (AvgIpc) is 1.87. The number of rotatable bonds is 0. The molecule has 4 nitrogen and oxygen atoms in total. The van der Waals surface area contributed by atoms with E-state index in [0.29, 0.717) is 5.75 Å². The smallest absolute Gasteiger partial charge is 0.402 e. The van der Waals surface area contributed by atoms with E-state index in [4.69, 9.17) is 15.0 Å². The molecule has 1 rings (SSSR count). The Bertz CT molecular complexity index is 206. The summed E-state index contributed by atoms with van der Waals surface area (Å²) in [5, 5.41) is 15.8. The normalized spacial score (nSPS) is 7.64. The predicted molar refractivity (Wildman–Crippen MR) is 40.3 cm³/mol. The van der Waals surface area contributed by atoms with Gasteiger partial charge in [-0.2, -0.15) is 0 Å². The molecule has 0 atom stereocenters. The van der Waals surface area contributed by atoms with Gasteiger partial charge >= 0.3 is 6.09 Å². The first kappa shape index (κ1) is 9.29. The Hall–Kier alpha value is -1.71. The summed E-state index contributed by atoms with van der Waals surface area (Å²) in [5.41, 5.74) is 4.03. The van der Waals surface area contributed by atoms with Crippen LogP contribution in [0.3, 0.4) is 0 Å². The molecule has 4 N–H and O–H groups in total. The fraction of sp³-hybridized carbons (Fsp3) is 0. The third kappa shape index (κ3) is 8.29. The Labute approximate surface area is 63.9 Å². The van der Waals surface area contributed by atoms with Crippen LogP contribution in [-0.2, 0) is 0 Å². The van der Waals surface area contributed by atoms with Crippen molar-refractivity contribution in [3.8, 4) is 5.75 Å². The molecule has 0 bridgehead atoms. The Morgan fingerprint density at radius 1 is 1.27 bits per heavy atom. The second-order valence-electron chi connectivity index (χ2n) is 1.67. The predicted octanol–water partition coefficient (Wildman–Crippen LogP) is 1.02. The third-order valence-corrected chi connectivity index (χ3v) is 0.756. The molecule has 0 aromatic heterocycles. The Morgan fingerprint density at radius 2 is 1.64 bits per heavy atom. The summed E-state index contributed by atoms with van der Waals surface area (Å²) in [6.07, 6.45) is -1.33. The van der Waals surface area contributed by atoms with Gasteiger partial charge in [0.2, 0.25) is 0 Å². The minimum atomic E-state index is -1.33. The molecule has 11 heavy (non-hydrogen) atoms. The minimum Gasteiger partial charge on any atom is -0.508 e. The van der Waals surface area contributed by atoms with Gasteiger partial charge in [-0.05, 0) is 12.1 Å². The van der Waals surface area contributed by atoms with Crippen LogP contribution in [-0.4, -0.2) is 16.3 Å². The van der Waals surface area contributed by atoms with E-state index in [2.05, 4.69) is 5.73 Å². The number of phenolic OH excluding ortho intramolecular Hbond substituents is 1. The lowest BCUT2D eigenvalue weighted by molar-refractivity contribution is 0.205. The second-order valence-corrected chi connectivity index (χ2v) is 1.67. The minimum absolute atomic E-state index is 0.322. The number of benzene rings is 1. The standard InChI is InChI=1S/C6H6O.CH3NO2/c7-6-4-2-1-3-5-6;2-1(3)4/h1-5,7H;2H2,(H,3,4). The average molecular weight is 155 g/mol. The first-order chi connectivity index (χ1) is 5.13. The van der Waals surface area contributed by atoms with Crippen LogP contribution in [0.2, 0.25) is 0 Å². The van der Waals surface area contributed by atoms with Crippen molar-refractivity contribution in [2.45, 2.75) is 0 Å². The number of amides is 1. The van der Waals surface area contributed by atoms with Crippen molar-refractivity contribution >= 4 is 6.09 Å². The summed E-state index contributed by atoms with van der Waals surface area (Å²) >= 11 is 0. The summed E-state index contributed by atoms with van der Waals surface area (Å²) in [5.74, 6) is 0.322. The molecule has 0 aliphatic carbocycles. The van der Waals surface area contributed by atoms with Gasteiger partial charge in [0.1, 0.15) is 5.75 Å². The van der Waals surface area contributed by atoms with Crippen LogP contribution in [0.5, 0.6) is 5.75 Å². The van der Waals surface area contributed by atoms with Crippen molar-refractivity contribution in [2.75, 3.05) is 0 Å². The first-order valence-electron chi connectivity index (χ1n) is 2.85. The zero-order valence-corrected chi connectivity index (χ0v) is 5.77. The van der Waals surface area contributed by atoms with Crippen LogP contribution in [0.25, 0.3) is 0 Å². The quantitative estimate of drug-likeness (QED) is 0.522. The Balaban J connectivity index is 0.000000218. The van der Waals surface area contributed by atoms with Gasteiger partial charge in [0.05, 0.1) is 0 Å². The van der Waals surface area contributed by atoms with Gasteiger partial charge < -0.3 is 15.9 Å². The highest BCUT2D eigenvalue weighted by Crippen LogP contribution is 2.02. The number of carboxylic acid groups (broad SMARTS) is 1. The number of nitrogens with two attached hydrogens (primary N) is 1. The van der Waals surface area contributed by atoms with E-state index in [1.807, 2.05) is 6.07 Å². The van der Waals surface area contributed by atoms with Gasteiger partial charge in [-0.25, -0.2) is 4.79 Å². The van der Waals surface area contributed by atoms with Gasteiger partial charge in [-0.1, -0.05) is 18.2 Å². The van der Waals surface area contributed by atoms with Crippen LogP contribution in [0.1, 0.15) is 0 Å². The van der Waals surface area contributed by atoms with E-state index in [0.717, 1.165) is 0 Å². The fourth-order valence-corrected chi connectivity index (χ4v) is 0.428. The highest BCUT2D eigenvalue weighted by molar-refractivity contribution is 5.61. The molecule has 1 amide bonds. The maximum atomic E-state index is 8.78.